The molecule has 28 heavy (non-hydrogen) atoms. The Morgan fingerprint density at radius 3 is 2.64 bits per heavy atom. The van der Waals surface area contributed by atoms with Crippen LogP contribution in [0.5, 0.6) is 5.75 Å². The molecule has 9 heteroatoms. The van der Waals surface area contributed by atoms with Crippen LogP contribution in [-0.2, 0) is 4.74 Å². The van der Waals surface area contributed by atoms with Crippen molar-refractivity contribution in [3.05, 3.63) is 58.0 Å². The Morgan fingerprint density at radius 1 is 1.14 bits per heavy atom. The van der Waals surface area contributed by atoms with Crippen LogP contribution in [0.2, 0.25) is 5.02 Å². The van der Waals surface area contributed by atoms with Crippen molar-refractivity contribution < 1.29 is 19.1 Å². The quantitative estimate of drug-likeness (QED) is 0.439. The number of hydrogen-bond donors (Lipinski definition) is 2. The Balaban J connectivity index is 1.69. The average Bonchev–Trinajstić information content (AvgIpc) is 2.70. The molecule has 0 bridgehead atoms. The van der Waals surface area contributed by atoms with E-state index in [0.717, 1.165) is 13.1 Å². The van der Waals surface area contributed by atoms with Crippen LogP contribution in [0.3, 0.4) is 0 Å². The first-order chi connectivity index (χ1) is 13.6. The van der Waals surface area contributed by atoms with Crippen molar-refractivity contribution in [2.45, 2.75) is 18.9 Å². The zero-order chi connectivity index (χ0) is 19.9. The number of benzene rings is 2. The number of para-hydroxylation sites is 1. The van der Waals surface area contributed by atoms with Crippen LogP contribution in [0, 0.1) is 4.91 Å². The van der Waals surface area contributed by atoms with E-state index in [1.807, 2.05) is 0 Å². The fourth-order valence-corrected chi connectivity index (χ4v) is 2.92. The summed E-state index contributed by atoms with van der Waals surface area (Å²) in [6.45, 7) is 1.55. The van der Waals surface area contributed by atoms with E-state index >= 15 is 0 Å². The van der Waals surface area contributed by atoms with Gasteiger partial charge in [0.15, 0.2) is 0 Å². The molecule has 8 nitrogen and oxygen atoms in total. The SMILES string of the molecule is O=Nc1cc(NC(=O)c2ccccc2OC(=O)OC2CCNCC2)ccc1Cl. The van der Waals surface area contributed by atoms with Crippen LogP contribution in [0.4, 0.5) is 16.2 Å². The van der Waals surface area contributed by atoms with Crippen LogP contribution < -0.4 is 15.4 Å². The number of carbonyl (C=O) groups excluding carboxylic acids is 2. The Bertz CT molecular complexity index is 884. The molecule has 0 aromatic heterocycles. The molecule has 0 aliphatic carbocycles. The van der Waals surface area contributed by atoms with Crippen LogP contribution in [-0.4, -0.2) is 31.3 Å². The van der Waals surface area contributed by atoms with Crippen molar-refractivity contribution in [3.8, 4) is 5.75 Å². The second-order valence-corrected chi connectivity index (χ2v) is 6.53. The summed E-state index contributed by atoms with van der Waals surface area (Å²) in [7, 11) is 0. The Labute approximate surface area is 166 Å². The monoisotopic (exact) mass is 403 g/mol. The van der Waals surface area contributed by atoms with E-state index in [4.69, 9.17) is 21.1 Å². The van der Waals surface area contributed by atoms with Crippen LogP contribution in [0.15, 0.2) is 47.6 Å². The minimum absolute atomic E-state index is 0.00884. The maximum Gasteiger partial charge on any atom is 0.514 e. The lowest BCUT2D eigenvalue weighted by molar-refractivity contribution is 0.0447. The van der Waals surface area contributed by atoms with Crippen LogP contribution in [0.1, 0.15) is 23.2 Å². The van der Waals surface area contributed by atoms with E-state index in [1.165, 1.54) is 30.3 Å². The third-order valence-electron chi connectivity index (χ3n) is 4.18. The molecule has 2 aromatic rings. The van der Waals surface area contributed by atoms with Gasteiger partial charge in [-0.1, -0.05) is 23.7 Å². The van der Waals surface area contributed by atoms with Gasteiger partial charge in [-0.3, -0.25) is 4.79 Å². The second kappa shape index (κ2) is 9.29. The number of amides is 1. The van der Waals surface area contributed by atoms with E-state index < -0.39 is 12.1 Å². The number of hydrogen-bond acceptors (Lipinski definition) is 7. The van der Waals surface area contributed by atoms with E-state index in [0.29, 0.717) is 18.5 Å². The lowest BCUT2D eigenvalue weighted by atomic mass is 10.1. The molecule has 2 N–H and O–H groups in total. The summed E-state index contributed by atoms with van der Waals surface area (Å²) in [4.78, 5) is 35.4. The number of ether oxygens (including phenoxy) is 2. The molecule has 0 spiro atoms. The standard InChI is InChI=1S/C19H18ClN3O5/c20-15-6-5-12(11-16(15)23-26)22-18(24)14-3-1-2-4-17(14)28-19(25)27-13-7-9-21-10-8-13/h1-6,11,13,21H,7-10H2,(H,22,24). The van der Waals surface area contributed by atoms with E-state index in [9.17, 15) is 14.5 Å². The predicted octanol–water partition coefficient (Wildman–Crippen LogP) is 4.26. The van der Waals surface area contributed by atoms with Crippen molar-refractivity contribution in [3.63, 3.8) is 0 Å². The molecule has 3 rings (SSSR count). The van der Waals surface area contributed by atoms with Crippen molar-refractivity contribution in [1.29, 1.82) is 0 Å². The van der Waals surface area contributed by atoms with Gasteiger partial charge in [-0.25, -0.2) is 4.79 Å². The summed E-state index contributed by atoms with van der Waals surface area (Å²) in [6, 6.07) is 10.6. The van der Waals surface area contributed by atoms with Gasteiger partial charge >= 0.3 is 6.16 Å². The molecular weight excluding hydrogens is 386 g/mol. The third-order valence-corrected chi connectivity index (χ3v) is 4.50. The molecule has 0 atom stereocenters. The highest BCUT2D eigenvalue weighted by Gasteiger charge is 2.21. The molecule has 0 saturated carbocycles. The number of piperidine rings is 1. The maximum absolute atomic E-state index is 12.6. The summed E-state index contributed by atoms with van der Waals surface area (Å²) in [5, 5.41) is 8.77. The Morgan fingerprint density at radius 2 is 1.89 bits per heavy atom. The predicted molar refractivity (Wildman–Crippen MR) is 104 cm³/mol. The molecule has 0 radical (unpaired) electrons. The molecule has 1 aliphatic heterocycles. The number of halogens is 1. The van der Waals surface area contributed by atoms with Gasteiger partial charge in [-0.2, -0.15) is 0 Å². The highest BCUT2D eigenvalue weighted by molar-refractivity contribution is 6.33. The first-order valence-corrected chi connectivity index (χ1v) is 9.07. The van der Waals surface area contributed by atoms with E-state index in [2.05, 4.69) is 15.8 Å². The minimum atomic E-state index is -0.855. The zero-order valence-corrected chi connectivity index (χ0v) is 15.6. The number of rotatable bonds is 5. The van der Waals surface area contributed by atoms with Gasteiger partial charge in [0.25, 0.3) is 5.91 Å². The molecule has 1 fully saturated rings. The number of nitroso groups, excluding NO2 is 1. The van der Waals surface area contributed by atoms with Gasteiger partial charge in [-0.15, -0.1) is 4.91 Å². The molecule has 1 aliphatic rings. The van der Waals surface area contributed by atoms with Gasteiger partial charge in [0, 0.05) is 5.69 Å². The number of nitrogens with zero attached hydrogens (tertiary/aromatic N) is 1. The zero-order valence-electron chi connectivity index (χ0n) is 14.8. The van der Waals surface area contributed by atoms with Gasteiger partial charge in [-0.05, 0) is 61.4 Å². The molecule has 146 valence electrons. The molecule has 1 amide bonds. The van der Waals surface area contributed by atoms with Crippen molar-refractivity contribution >= 4 is 35.0 Å². The molecule has 0 unspecified atom stereocenters. The fraction of sp³-hybridized carbons (Fsp3) is 0.263. The number of nitrogens with one attached hydrogen (secondary N) is 2. The lowest BCUT2D eigenvalue weighted by Crippen LogP contribution is -2.34. The first kappa shape index (κ1) is 19.8. The maximum atomic E-state index is 12.6. The smallest absolute Gasteiger partial charge is 0.431 e. The Hall–Kier alpha value is -2.97. The summed E-state index contributed by atoms with van der Waals surface area (Å²) in [6.07, 6.45) is 0.353. The summed E-state index contributed by atoms with van der Waals surface area (Å²) in [5.41, 5.74) is 0.478. The van der Waals surface area contributed by atoms with Crippen LogP contribution >= 0.6 is 11.6 Å². The largest absolute Gasteiger partial charge is 0.514 e. The normalized spacial score (nSPS) is 14.2. The summed E-state index contributed by atoms with van der Waals surface area (Å²) >= 11 is 5.83. The Kier molecular flexibility index (Phi) is 6.57. The number of carbonyl (C=O) groups is 2. The highest BCUT2D eigenvalue weighted by atomic mass is 35.5. The van der Waals surface area contributed by atoms with E-state index in [1.54, 1.807) is 12.1 Å². The number of anilines is 1. The van der Waals surface area contributed by atoms with Gasteiger partial charge in [0.05, 0.1) is 10.6 Å². The van der Waals surface area contributed by atoms with Crippen molar-refractivity contribution in [2.24, 2.45) is 5.18 Å². The molecule has 1 heterocycles. The first-order valence-electron chi connectivity index (χ1n) is 8.69. The summed E-state index contributed by atoms with van der Waals surface area (Å²) in [5.74, 6) is -0.453. The molecule has 2 aromatic carbocycles. The topological polar surface area (TPSA) is 106 Å². The molecule has 1 saturated heterocycles. The van der Waals surface area contributed by atoms with Gasteiger partial charge < -0.3 is 20.1 Å². The van der Waals surface area contributed by atoms with Gasteiger partial charge in [0.2, 0.25) is 0 Å². The lowest BCUT2D eigenvalue weighted by Gasteiger charge is -2.22. The van der Waals surface area contributed by atoms with Crippen molar-refractivity contribution in [1.82, 2.24) is 5.32 Å². The third kappa shape index (κ3) is 5.05. The van der Waals surface area contributed by atoms with Crippen LogP contribution in [0.25, 0.3) is 0 Å². The second-order valence-electron chi connectivity index (χ2n) is 6.13. The fourth-order valence-electron chi connectivity index (χ4n) is 2.77. The highest BCUT2D eigenvalue weighted by Crippen LogP contribution is 2.28. The van der Waals surface area contributed by atoms with Crippen molar-refractivity contribution in [2.75, 3.05) is 18.4 Å². The molecular formula is C19H18ClN3O5. The minimum Gasteiger partial charge on any atom is -0.431 e. The van der Waals surface area contributed by atoms with Gasteiger partial charge in [0.1, 0.15) is 17.5 Å². The van der Waals surface area contributed by atoms with E-state index in [-0.39, 0.29) is 28.1 Å². The summed E-state index contributed by atoms with van der Waals surface area (Å²) < 4.78 is 10.5. The average molecular weight is 404 g/mol.